The van der Waals surface area contributed by atoms with Gasteiger partial charge in [-0.1, -0.05) is 0 Å². The molecule has 0 atom stereocenters. The molecule has 0 spiro atoms. The Morgan fingerprint density at radius 3 is 2.58 bits per heavy atom. The zero-order valence-electron chi connectivity index (χ0n) is 16.1. The molecular formula is C18H16BrFN6O5. The van der Waals surface area contributed by atoms with E-state index >= 15 is 0 Å². The first-order chi connectivity index (χ1) is 14.9. The predicted molar refractivity (Wildman–Crippen MR) is 112 cm³/mol. The molecule has 3 aromatic rings. The van der Waals surface area contributed by atoms with Crippen LogP contribution in [-0.2, 0) is 0 Å². The Bertz CT molecular complexity index is 1120. The number of hydrogen-bond donors (Lipinski definition) is 4. The summed E-state index contributed by atoms with van der Waals surface area (Å²) in [6, 6.07) is 8.07. The van der Waals surface area contributed by atoms with Crippen LogP contribution in [0.15, 0.2) is 50.5 Å². The molecule has 2 aromatic carbocycles. The van der Waals surface area contributed by atoms with Crippen molar-refractivity contribution in [2.24, 2.45) is 4.99 Å². The van der Waals surface area contributed by atoms with Crippen molar-refractivity contribution >= 4 is 45.0 Å². The Balaban J connectivity index is 1.78. The van der Waals surface area contributed by atoms with Gasteiger partial charge in [0.2, 0.25) is 5.82 Å². The zero-order valence-corrected chi connectivity index (χ0v) is 17.7. The van der Waals surface area contributed by atoms with E-state index in [1.807, 2.05) is 5.48 Å². The summed E-state index contributed by atoms with van der Waals surface area (Å²) in [5, 5.41) is 21.7. The minimum Gasteiger partial charge on any atom is -0.493 e. The number of benzene rings is 2. The van der Waals surface area contributed by atoms with Crippen LogP contribution in [0.4, 0.5) is 26.4 Å². The van der Waals surface area contributed by atoms with E-state index in [4.69, 9.17) is 9.47 Å². The van der Waals surface area contributed by atoms with Gasteiger partial charge in [0.25, 0.3) is 0 Å². The molecule has 0 aliphatic heterocycles. The van der Waals surface area contributed by atoms with Crippen LogP contribution in [0.3, 0.4) is 0 Å². The zero-order chi connectivity index (χ0) is 22.4. The molecule has 4 N–H and O–H groups in total. The summed E-state index contributed by atoms with van der Waals surface area (Å²) in [6.45, 7) is 0. The number of nitrogens with one attached hydrogen (secondary N) is 3. The molecule has 0 aliphatic carbocycles. The van der Waals surface area contributed by atoms with Gasteiger partial charge < -0.3 is 14.8 Å². The second kappa shape index (κ2) is 9.86. The van der Waals surface area contributed by atoms with Crippen LogP contribution in [0.25, 0.3) is 0 Å². The lowest BCUT2D eigenvalue weighted by atomic mass is 10.3. The van der Waals surface area contributed by atoms with Crippen LogP contribution in [-0.4, -0.2) is 41.6 Å². The number of aromatic nitrogens is 2. The standard InChI is InChI=1S/C18H16BrFN6O5/c1-29-13-6-4-10(8-14(13)30-2)22-18(27)23-17-15(25-31-26-17)16(24-28)21-9-3-5-12(20)11(19)7-9/h3-8,28H,1-2H3,(H,21,24)(H2,22,23,26,27). The first kappa shape index (κ1) is 22.0. The van der Waals surface area contributed by atoms with Crippen molar-refractivity contribution in [3.8, 4) is 11.5 Å². The van der Waals surface area contributed by atoms with Crippen molar-refractivity contribution < 1.29 is 28.5 Å². The summed E-state index contributed by atoms with van der Waals surface area (Å²) in [5.41, 5.74) is 2.46. The normalized spacial score (nSPS) is 11.1. The highest BCUT2D eigenvalue weighted by atomic mass is 79.9. The lowest BCUT2D eigenvalue weighted by Gasteiger charge is -2.11. The lowest BCUT2D eigenvalue weighted by Crippen LogP contribution is -2.25. The maximum Gasteiger partial charge on any atom is 0.325 e. The highest BCUT2D eigenvalue weighted by molar-refractivity contribution is 9.10. The van der Waals surface area contributed by atoms with Gasteiger partial charge in [0.05, 0.1) is 24.4 Å². The third-order valence-corrected chi connectivity index (χ3v) is 4.44. The number of carbonyl (C=O) groups excluding carboxylic acids is 1. The van der Waals surface area contributed by atoms with Gasteiger partial charge in [0.1, 0.15) is 5.82 Å². The number of hydrogen-bond acceptors (Lipinski definition) is 8. The fourth-order valence-corrected chi connectivity index (χ4v) is 2.79. The Morgan fingerprint density at radius 1 is 1.13 bits per heavy atom. The molecule has 0 aliphatic rings. The van der Waals surface area contributed by atoms with E-state index in [2.05, 4.69) is 46.5 Å². The van der Waals surface area contributed by atoms with E-state index in [1.54, 1.807) is 18.2 Å². The molecule has 31 heavy (non-hydrogen) atoms. The number of carbonyl (C=O) groups is 1. The number of rotatable bonds is 6. The first-order valence-corrected chi connectivity index (χ1v) is 9.31. The van der Waals surface area contributed by atoms with Crippen LogP contribution < -0.4 is 25.6 Å². The Hall–Kier alpha value is -3.71. The quantitative estimate of drug-likeness (QED) is 0.230. The number of amides is 2. The van der Waals surface area contributed by atoms with Crippen molar-refractivity contribution in [2.45, 2.75) is 0 Å². The second-order valence-corrected chi connectivity index (χ2v) is 6.64. The van der Waals surface area contributed by atoms with Gasteiger partial charge in [-0.15, -0.1) is 0 Å². The van der Waals surface area contributed by atoms with Gasteiger partial charge in [-0.05, 0) is 56.6 Å². The summed E-state index contributed by atoms with van der Waals surface area (Å²) in [4.78, 5) is 16.5. The Kier molecular flexibility index (Phi) is 6.99. The SMILES string of the molecule is COc1ccc(NC(=O)Nc2nonc2C(=Nc2ccc(F)c(Br)c2)NO)cc1OC. The molecule has 0 radical (unpaired) electrons. The first-order valence-electron chi connectivity index (χ1n) is 8.52. The van der Waals surface area contributed by atoms with Crippen molar-refractivity contribution in [3.63, 3.8) is 0 Å². The summed E-state index contributed by atoms with van der Waals surface area (Å²) in [7, 11) is 2.97. The fourth-order valence-electron chi connectivity index (χ4n) is 2.42. The molecule has 11 nitrogen and oxygen atoms in total. The van der Waals surface area contributed by atoms with Crippen molar-refractivity contribution in [2.75, 3.05) is 24.9 Å². The van der Waals surface area contributed by atoms with Crippen LogP contribution >= 0.6 is 15.9 Å². The number of halogens is 2. The van der Waals surface area contributed by atoms with Gasteiger partial charge in [-0.3, -0.25) is 16.0 Å². The number of amidine groups is 1. The molecule has 0 bridgehead atoms. The average molecular weight is 495 g/mol. The molecule has 2 amide bonds. The van der Waals surface area contributed by atoms with Crippen molar-refractivity contribution in [1.82, 2.24) is 15.8 Å². The number of anilines is 2. The Morgan fingerprint density at radius 2 is 1.90 bits per heavy atom. The second-order valence-electron chi connectivity index (χ2n) is 5.78. The lowest BCUT2D eigenvalue weighted by molar-refractivity contribution is 0.234. The molecule has 1 heterocycles. The maximum atomic E-state index is 13.4. The molecule has 13 heteroatoms. The number of ether oxygens (including phenoxy) is 2. The average Bonchev–Trinajstić information content (AvgIpc) is 3.22. The van der Waals surface area contributed by atoms with E-state index in [9.17, 15) is 14.4 Å². The highest BCUT2D eigenvalue weighted by Crippen LogP contribution is 2.30. The van der Waals surface area contributed by atoms with Gasteiger partial charge >= 0.3 is 6.03 Å². The summed E-state index contributed by atoms with van der Waals surface area (Å²) in [6.07, 6.45) is 0. The third-order valence-electron chi connectivity index (χ3n) is 3.84. The van der Waals surface area contributed by atoms with Crippen LogP contribution in [0, 0.1) is 5.82 Å². The van der Waals surface area contributed by atoms with Gasteiger partial charge in [-0.2, -0.15) is 0 Å². The van der Waals surface area contributed by atoms with E-state index in [1.165, 1.54) is 32.4 Å². The van der Waals surface area contributed by atoms with Gasteiger partial charge in [0.15, 0.2) is 23.0 Å². The van der Waals surface area contributed by atoms with Crippen LogP contribution in [0.1, 0.15) is 5.69 Å². The molecule has 1 aromatic heterocycles. The number of aliphatic imine (C=N–C) groups is 1. The van der Waals surface area contributed by atoms with Crippen molar-refractivity contribution in [1.29, 1.82) is 0 Å². The number of nitrogens with zero attached hydrogens (tertiary/aromatic N) is 3. The minimum atomic E-state index is -0.675. The van der Waals surface area contributed by atoms with E-state index in [-0.39, 0.29) is 27.5 Å². The third kappa shape index (κ3) is 5.26. The molecule has 0 unspecified atom stereocenters. The van der Waals surface area contributed by atoms with Gasteiger partial charge in [0, 0.05) is 11.8 Å². The Labute approximate surface area is 183 Å². The van der Waals surface area contributed by atoms with Crippen LogP contribution in [0.5, 0.6) is 11.5 Å². The highest BCUT2D eigenvalue weighted by Gasteiger charge is 2.19. The van der Waals surface area contributed by atoms with Crippen LogP contribution in [0.2, 0.25) is 0 Å². The summed E-state index contributed by atoms with van der Waals surface area (Å²) in [5.74, 6) is 0.127. The monoisotopic (exact) mass is 494 g/mol. The van der Waals surface area contributed by atoms with Crippen molar-refractivity contribution in [3.05, 3.63) is 52.4 Å². The molecule has 0 fully saturated rings. The number of hydroxylamine groups is 1. The fraction of sp³-hybridized carbons (Fsp3) is 0.111. The molecular weight excluding hydrogens is 479 g/mol. The smallest absolute Gasteiger partial charge is 0.325 e. The summed E-state index contributed by atoms with van der Waals surface area (Å²) < 4.78 is 28.6. The molecule has 0 saturated carbocycles. The largest absolute Gasteiger partial charge is 0.493 e. The van der Waals surface area contributed by atoms with E-state index < -0.39 is 11.8 Å². The molecule has 0 saturated heterocycles. The topological polar surface area (TPSA) is 143 Å². The van der Waals surface area contributed by atoms with Gasteiger partial charge in [-0.25, -0.2) is 18.8 Å². The van der Waals surface area contributed by atoms with E-state index in [0.29, 0.717) is 17.2 Å². The minimum absolute atomic E-state index is 0.0922. The maximum absolute atomic E-state index is 13.4. The summed E-state index contributed by atoms with van der Waals surface area (Å²) >= 11 is 3.05. The molecule has 162 valence electrons. The predicted octanol–water partition coefficient (Wildman–Crippen LogP) is 3.69. The molecule has 3 rings (SSSR count). The number of urea groups is 1. The number of methoxy groups -OCH3 is 2. The van der Waals surface area contributed by atoms with E-state index in [0.717, 1.165) is 0 Å².